The Bertz CT molecular complexity index is 575. The maximum Gasteiger partial charge on any atom is 0.124 e. The summed E-state index contributed by atoms with van der Waals surface area (Å²) in [5.74, 6) is 0.457. The van der Waals surface area contributed by atoms with Gasteiger partial charge in [0.25, 0.3) is 0 Å². The Kier molecular flexibility index (Phi) is 5.84. The van der Waals surface area contributed by atoms with Crippen molar-refractivity contribution in [1.82, 2.24) is 0 Å². The van der Waals surface area contributed by atoms with Crippen molar-refractivity contribution in [3.8, 4) is 5.75 Å². The highest BCUT2D eigenvalue weighted by molar-refractivity contribution is 6.31. The van der Waals surface area contributed by atoms with Crippen molar-refractivity contribution in [2.75, 3.05) is 25.6 Å². The van der Waals surface area contributed by atoms with Crippen molar-refractivity contribution >= 4 is 17.3 Å². The van der Waals surface area contributed by atoms with E-state index in [1.165, 1.54) is 12.1 Å². The SMILES string of the molecule is COCCOc1ccc(NCc2ccc(F)cc2Cl)cc1. The summed E-state index contributed by atoms with van der Waals surface area (Å²) in [7, 11) is 1.64. The number of ether oxygens (including phenoxy) is 2. The molecule has 21 heavy (non-hydrogen) atoms. The van der Waals surface area contributed by atoms with Gasteiger partial charge >= 0.3 is 0 Å². The molecule has 1 N–H and O–H groups in total. The fraction of sp³-hybridized carbons (Fsp3) is 0.250. The predicted octanol–water partition coefficient (Wildman–Crippen LogP) is 4.12. The Morgan fingerprint density at radius 3 is 2.52 bits per heavy atom. The van der Waals surface area contributed by atoms with E-state index in [2.05, 4.69) is 5.32 Å². The zero-order valence-electron chi connectivity index (χ0n) is 11.7. The molecular weight excluding hydrogens is 293 g/mol. The van der Waals surface area contributed by atoms with E-state index < -0.39 is 0 Å². The average molecular weight is 310 g/mol. The molecule has 0 aliphatic rings. The number of halogens is 2. The quantitative estimate of drug-likeness (QED) is 0.781. The Balaban J connectivity index is 1.88. The van der Waals surface area contributed by atoms with Crippen LogP contribution in [0.1, 0.15) is 5.56 Å². The number of rotatable bonds is 7. The van der Waals surface area contributed by atoms with Gasteiger partial charge in [0.1, 0.15) is 18.2 Å². The van der Waals surface area contributed by atoms with Crippen molar-refractivity contribution in [2.24, 2.45) is 0 Å². The van der Waals surface area contributed by atoms with Crippen LogP contribution in [-0.4, -0.2) is 20.3 Å². The minimum Gasteiger partial charge on any atom is -0.491 e. The molecule has 0 fully saturated rings. The van der Waals surface area contributed by atoms with Crippen LogP contribution in [0.15, 0.2) is 42.5 Å². The largest absolute Gasteiger partial charge is 0.491 e. The first-order valence-electron chi connectivity index (χ1n) is 6.58. The molecule has 0 heterocycles. The average Bonchev–Trinajstić information content (AvgIpc) is 2.48. The monoisotopic (exact) mass is 309 g/mol. The molecule has 0 aliphatic carbocycles. The third-order valence-electron chi connectivity index (χ3n) is 2.91. The Morgan fingerprint density at radius 2 is 1.86 bits per heavy atom. The molecule has 0 radical (unpaired) electrons. The lowest BCUT2D eigenvalue weighted by Crippen LogP contribution is -2.04. The molecule has 0 unspecified atom stereocenters. The Morgan fingerprint density at radius 1 is 1.10 bits per heavy atom. The van der Waals surface area contributed by atoms with Crippen molar-refractivity contribution in [3.05, 3.63) is 58.9 Å². The first-order valence-corrected chi connectivity index (χ1v) is 6.96. The minimum absolute atomic E-state index is 0.332. The van der Waals surface area contributed by atoms with E-state index in [0.29, 0.717) is 24.8 Å². The van der Waals surface area contributed by atoms with Gasteiger partial charge in [-0.15, -0.1) is 0 Å². The fourth-order valence-corrected chi connectivity index (χ4v) is 2.01. The van der Waals surface area contributed by atoms with Gasteiger partial charge in [-0.2, -0.15) is 0 Å². The van der Waals surface area contributed by atoms with Gasteiger partial charge in [0.2, 0.25) is 0 Å². The summed E-state index contributed by atoms with van der Waals surface area (Å²) < 4.78 is 23.4. The highest BCUT2D eigenvalue weighted by Crippen LogP contribution is 2.20. The fourth-order valence-electron chi connectivity index (χ4n) is 1.77. The van der Waals surface area contributed by atoms with Gasteiger partial charge in [-0.1, -0.05) is 17.7 Å². The van der Waals surface area contributed by atoms with E-state index in [-0.39, 0.29) is 5.82 Å². The highest BCUT2D eigenvalue weighted by atomic mass is 35.5. The molecule has 3 nitrogen and oxygen atoms in total. The first kappa shape index (κ1) is 15.6. The molecule has 0 saturated heterocycles. The third-order valence-corrected chi connectivity index (χ3v) is 3.26. The standard InChI is InChI=1S/C16H17ClFNO2/c1-20-8-9-21-15-6-4-14(5-7-15)19-11-12-2-3-13(18)10-16(12)17/h2-7,10,19H,8-9,11H2,1H3. The number of methoxy groups -OCH3 is 1. The van der Waals surface area contributed by atoms with Crippen LogP contribution in [0.2, 0.25) is 5.02 Å². The molecule has 2 rings (SSSR count). The van der Waals surface area contributed by atoms with Crippen LogP contribution >= 0.6 is 11.6 Å². The van der Waals surface area contributed by atoms with Crippen LogP contribution in [0.3, 0.4) is 0 Å². The van der Waals surface area contributed by atoms with Gasteiger partial charge in [-0.25, -0.2) is 4.39 Å². The molecule has 0 aliphatic heterocycles. The van der Waals surface area contributed by atoms with E-state index in [4.69, 9.17) is 21.1 Å². The molecule has 0 aromatic heterocycles. The van der Waals surface area contributed by atoms with E-state index in [0.717, 1.165) is 17.0 Å². The number of benzene rings is 2. The van der Waals surface area contributed by atoms with Crippen LogP contribution in [-0.2, 0) is 11.3 Å². The number of hydrogen-bond acceptors (Lipinski definition) is 3. The summed E-state index contributed by atoms with van der Waals surface area (Å²) in [6.45, 7) is 1.61. The second-order valence-corrected chi connectivity index (χ2v) is 4.86. The summed E-state index contributed by atoms with van der Waals surface area (Å²) >= 11 is 5.98. The molecule has 5 heteroatoms. The summed E-state index contributed by atoms with van der Waals surface area (Å²) in [5, 5.41) is 3.65. The van der Waals surface area contributed by atoms with Crippen molar-refractivity contribution in [2.45, 2.75) is 6.54 Å². The summed E-state index contributed by atoms with van der Waals surface area (Å²) in [6.07, 6.45) is 0. The zero-order valence-corrected chi connectivity index (χ0v) is 12.5. The summed E-state index contributed by atoms with van der Waals surface area (Å²) in [4.78, 5) is 0. The van der Waals surface area contributed by atoms with Gasteiger partial charge in [0, 0.05) is 24.4 Å². The maximum absolute atomic E-state index is 13.0. The molecule has 2 aromatic rings. The van der Waals surface area contributed by atoms with E-state index in [1.807, 2.05) is 24.3 Å². The van der Waals surface area contributed by atoms with Crippen LogP contribution in [0.25, 0.3) is 0 Å². The van der Waals surface area contributed by atoms with Crippen LogP contribution in [0.5, 0.6) is 5.75 Å². The molecule has 112 valence electrons. The van der Waals surface area contributed by atoms with Crippen molar-refractivity contribution < 1.29 is 13.9 Å². The topological polar surface area (TPSA) is 30.5 Å². The lowest BCUT2D eigenvalue weighted by Gasteiger charge is -2.10. The molecule has 0 bridgehead atoms. The predicted molar refractivity (Wildman–Crippen MR) is 82.5 cm³/mol. The second-order valence-electron chi connectivity index (χ2n) is 4.45. The molecule has 0 amide bonds. The molecular formula is C16H17ClFNO2. The van der Waals surface area contributed by atoms with Gasteiger partial charge in [-0.3, -0.25) is 0 Å². The smallest absolute Gasteiger partial charge is 0.124 e. The first-order chi connectivity index (χ1) is 10.2. The van der Waals surface area contributed by atoms with Gasteiger partial charge < -0.3 is 14.8 Å². The second kappa shape index (κ2) is 7.86. The maximum atomic E-state index is 13.0. The lowest BCUT2D eigenvalue weighted by molar-refractivity contribution is 0.146. The summed E-state index contributed by atoms with van der Waals surface area (Å²) in [6, 6.07) is 12.0. The third kappa shape index (κ3) is 4.92. The summed E-state index contributed by atoms with van der Waals surface area (Å²) in [5.41, 5.74) is 1.79. The zero-order chi connectivity index (χ0) is 15.1. The van der Waals surface area contributed by atoms with Crippen molar-refractivity contribution in [1.29, 1.82) is 0 Å². The van der Waals surface area contributed by atoms with Crippen molar-refractivity contribution in [3.63, 3.8) is 0 Å². The van der Waals surface area contributed by atoms with Crippen LogP contribution < -0.4 is 10.1 Å². The normalized spacial score (nSPS) is 10.4. The number of nitrogens with one attached hydrogen (secondary N) is 1. The van der Waals surface area contributed by atoms with E-state index in [9.17, 15) is 4.39 Å². The molecule has 0 atom stereocenters. The lowest BCUT2D eigenvalue weighted by atomic mass is 10.2. The minimum atomic E-state index is -0.332. The molecule has 0 spiro atoms. The molecule has 0 saturated carbocycles. The van der Waals surface area contributed by atoms with Crippen LogP contribution in [0.4, 0.5) is 10.1 Å². The van der Waals surface area contributed by atoms with Gasteiger partial charge in [-0.05, 0) is 42.0 Å². The van der Waals surface area contributed by atoms with Gasteiger partial charge in [0.05, 0.1) is 6.61 Å². The molecule has 2 aromatic carbocycles. The van der Waals surface area contributed by atoms with Crippen LogP contribution in [0, 0.1) is 5.82 Å². The Hall–Kier alpha value is -1.78. The van der Waals surface area contributed by atoms with Gasteiger partial charge in [0.15, 0.2) is 0 Å². The number of hydrogen-bond donors (Lipinski definition) is 1. The Labute approximate surface area is 128 Å². The highest BCUT2D eigenvalue weighted by Gasteiger charge is 2.02. The van der Waals surface area contributed by atoms with E-state index in [1.54, 1.807) is 13.2 Å². The van der Waals surface area contributed by atoms with E-state index >= 15 is 0 Å². The number of anilines is 1.